The minimum Gasteiger partial charge on any atom is -0.294 e. The maximum absolute atomic E-state index is 4.50. The van der Waals surface area contributed by atoms with Crippen LogP contribution in [0.3, 0.4) is 0 Å². The molecule has 0 saturated carbocycles. The molecule has 0 spiro atoms. The van der Waals surface area contributed by atoms with Crippen LogP contribution in [0.4, 0.5) is 0 Å². The first-order valence-corrected chi connectivity index (χ1v) is 10.4. The number of aromatic nitrogens is 4. The molecule has 4 aromatic rings. The fraction of sp³-hybridized carbons (Fsp3) is 0.100. The highest BCUT2D eigenvalue weighted by Crippen LogP contribution is 2.37. The zero-order valence-electron chi connectivity index (χ0n) is 14.5. The van der Waals surface area contributed by atoms with E-state index in [0.29, 0.717) is 0 Å². The van der Waals surface area contributed by atoms with E-state index in [4.69, 9.17) is 0 Å². The van der Waals surface area contributed by atoms with Crippen LogP contribution in [0.1, 0.15) is 11.1 Å². The minimum atomic E-state index is 0.928. The summed E-state index contributed by atoms with van der Waals surface area (Å²) in [5, 5.41) is 1.86. The van der Waals surface area contributed by atoms with Gasteiger partial charge in [0.25, 0.3) is 0 Å². The first-order valence-electron chi connectivity index (χ1n) is 8.26. The summed E-state index contributed by atoms with van der Waals surface area (Å²) in [6, 6.07) is 16.9. The molecule has 2 aromatic heterocycles. The topological polar surface area (TPSA) is 35.6 Å². The van der Waals surface area contributed by atoms with E-state index in [9.17, 15) is 0 Å². The van der Waals surface area contributed by atoms with Crippen molar-refractivity contribution in [2.75, 3.05) is 0 Å². The fourth-order valence-electron chi connectivity index (χ4n) is 2.58. The van der Waals surface area contributed by atoms with E-state index in [1.807, 2.05) is 24.8 Å². The van der Waals surface area contributed by atoms with Gasteiger partial charge in [0.2, 0.25) is 0 Å². The van der Waals surface area contributed by atoms with Crippen LogP contribution in [0.2, 0.25) is 0 Å². The number of aryl methyl sites for hydroxylation is 2. The maximum Gasteiger partial charge on any atom is 0.183 e. The molecule has 4 rings (SSSR count). The van der Waals surface area contributed by atoms with Gasteiger partial charge in [0.15, 0.2) is 10.3 Å². The molecule has 26 heavy (non-hydrogen) atoms. The van der Waals surface area contributed by atoms with Gasteiger partial charge in [-0.25, -0.2) is 9.97 Å². The first-order chi connectivity index (χ1) is 12.7. The molecule has 2 heterocycles. The first kappa shape index (κ1) is 17.0. The summed E-state index contributed by atoms with van der Waals surface area (Å²) in [6.07, 6.45) is 7.63. The average molecular weight is 379 g/mol. The Morgan fingerprint density at radius 3 is 1.38 bits per heavy atom. The Hall–Kier alpha value is -2.44. The summed E-state index contributed by atoms with van der Waals surface area (Å²) < 4.78 is 4.19. The van der Waals surface area contributed by atoms with Crippen LogP contribution in [0, 0.1) is 13.8 Å². The third-order valence-electron chi connectivity index (χ3n) is 4.03. The minimum absolute atomic E-state index is 0.928. The van der Waals surface area contributed by atoms with E-state index < -0.39 is 0 Å². The fourth-order valence-corrected chi connectivity index (χ4v) is 4.62. The molecule has 0 atom stereocenters. The summed E-state index contributed by atoms with van der Waals surface area (Å²) in [6.45, 7) is 4.18. The highest BCUT2D eigenvalue weighted by atomic mass is 33.1. The zero-order valence-corrected chi connectivity index (χ0v) is 16.2. The van der Waals surface area contributed by atoms with E-state index in [-0.39, 0.29) is 0 Å². The Morgan fingerprint density at radius 2 is 1.00 bits per heavy atom. The van der Waals surface area contributed by atoms with Crippen molar-refractivity contribution in [3.8, 4) is 11.4 Å². The number of rotatable bonds is 5. The molecule has 0 unspecified atom stereocenters. The summed E-state index contributed by atoms with van der Waals surface area (Å²) in [5.41, 5.74) is 4.71. The lowest BCUT2D eigenvalue weighted by Crippen LogP contribution is -1.96. The largest absolute Gasteiger partial charge is 0.294 e. The number of benzene rings is 2. The van der Waals surface area contributed by atoms with Gasteiger partial charge in [-0.2, -0.15) is 0 Å². The van der Waals surface area contributed by atoms with Crippen LogP contribution in [0.5, 0.6) is 0 Å². The van der Waals surface area contributed by atoms with Crippen LogP contribution in [0.25, 0.3) is 11.4 Å². The molecule has 2 aromatic carbocycles. The smallest absolute Gasteiger partial charge is 0.183 e. The van der Waals surface area contributed by atoms with E-state index in [2.05, 4.69) is 81.5 Å². The lowest BCUT2D eigenvalue weighted by molar-refractivity contribution is 0.894. The van der Waals surface area contributed by atoms with E-state index in [0.717, 1.165) is 21.7 Å². The van der Waals surface area contributed by atoms with Gasteiger partial charge in [0.05, 0.1) is 0 Å². The molecular weight excluding hydrogens is 360 g/mol. The van der Waals surface area contributed by atoms with Gasteiger partial charge in [-0.15, -0.1) is 0 Å². The van der Waals surface area contributed by atoms with Gasteiger partial charge in [0.1, 0.15) is 0 Å². The Morgan fingerprint density at radius 1 is 0.615 bits per heavy atom. The van der Waals surface area contributed by atoms with Crippen molar-refractivity contribution in [3.63, 3.8) is 0 Å². The molecule has 0 aliphatic rings. The zero-order chi connectivity index (χ0) is 17.9. The second-order valence-corrected chi connectivity index (χ2v) is 8.06. The van der Waals surface area contributed by atoms with Crippen LogP contribution in [-0.4, -0.2) is 19.1 Å². The molecule has 0 saturated heterocycles. The van der Waals surface area contributed by atoms with Crippen molar-refractivity contribution in [1.29, 1.82) is 0 Å². The monoisotopic (exact) mass is 378 g/mol. The third-order valence-corrected chi connectivity index (χ3v) is 6.16. The van der Waals surface area contributed by atoms with Gasteiger partial charge in [-0.1, -0.05) is 35.4 Å². The van der Waals surface area contributed by atoms with Gasteiger partial charge < -0.3 is 0 Å². The summed E-state index contributed by atoms with van der Waals surface area (Å²) in [5.74, 6) is 0. The van der Waals surface area contributed by atoms with Crippen molar-refractivity contribution in [2.24, 2.45) is 0 Å². The molecular formula is C20H18N4S2. The van der Waals surface area contributed by atoms with Gasteiger partial charge in [-0.3, -0.25) is 9.13 Å². The second-order valence-electron chi connectivity index (χ2n) is 6.00. The highest BCUT2D eigenvalue weighted by molar-refractivity contribution is 8.76. The molecule has 0 N–H and O–H groups in total. The number of nitrogens with zero attached hydrogens (tertiary/aromatic N) is 4. The highest BCUT2D eigenvalue weighted by Gasteiger charge is 2.11. The molecule has 6 heteroatoms. The van der Waals surface area contributed by atoms with E-state index in [1.165, 1.54) is 11.1 Å². The summed E-state index contributed by atoms with van der Waals surface area (Å²) in [4.78, 5) is 8.99. The molecule has 130 valence electrons. The molecule has 4 nitrogen and oxygen atoms in total. The van der Waals surface area contributed by atoms with Crippen LogP contribution >= 0.6 is 21.6 Å². The Labute approximate surface area is 160 Å². The van der Waals surface area contributed by atoms with Crippen LogP contribution < -0.4 is 0 Å². The quantitative estimate of drug-likeness (QED) is 0.431. The Balaban J connectivity index is 1.54. The van der Waals surface area contributed by atoms with Gasteiger partial charge in [0, 0.05) is 36.2 Å². The molecule has 0 fully saturated rings. The number of hydrogen-bond donors (Lipinski definition) is 0. The lowest BCUT2D eigenvalue weighted by atomic mass is 10.2. The van der Waals surface area contributed by atoms with Crippen molar-refractivity contribution >= 4 is 21.6 Å². The predicted octanol–water partition coefficient (Wildman–Crippen LogP) is 5.47. The predicted molar refractivity (Wildman–Crippen MR) is 108 cm³/mol. The van der Waals surface area contributed by atoms with Gasteiger partial charge >= 0.3 is 0 Å². The van der Waals surface area contributed by atoms with E-state index >= 15 is 0 Å². The van der Waals surface area contributed by atoms with Crippen molar-refractivity contribution in [2.45, 2.75) is 24.2 Å². The molecule has 0 bridgehead atoms. The van der Waals surface area contributed by atoms with Crippen LogP contribution in [-0.2, 0) is 0 Å². The normalized spacial score (nSPS) is 11.0. The third kappa shape index (κ3) is 3.57. The van der Waals surface area contributed by atoms with Crippen molar-refractivity contribution in [3.05, 3.63) is 84.4 Å². The van der Waals surface area contributed by atoms with Crippen molar-refractivity contribution in [1.82, 2.24) is 19.1 Å². The maximum atomic E-state index is 4.50. The van der Waals surface area contributed by atoms with E-state index in [1.54, 1.807) is 21.6 Å². The lowest BCUT2D eigenvalue weighted by Gasteiger charge is -2.09. The Bertz CT molecular complexity index is 917. The Kier molecular flexibility index (Phi) is 4.86. The SMILES string of the molecule is Cc1ccc(-n2ccnc2SSc2nccn2-c2ccc(C)cc2)cc1. The standard InChI is InChI=1S/C20H18N4S2/c1-15-3-7-17(8-4-15)23-13-11-21-19(23)25-26-20-22-12-14-24(20)18-9-5-16(2)6-10-18/h3-14H,1-2H3. The van der Waals surface area contributed by atoms with Gasteiger partial charge in [-0.05, 0) is 59.7 Å². The summed E-state index contributed by atoms with van der Waals surface area (Å²) >= 11 is 0. The number of hydrogen-bond acceptors (Lipinski definition) is 4. The molecule has 0 amide bonds. The van der Waals surface area contributed by atoms with Crippen molar-refractivity contribution < 1.29 is 0 Å². The number of imidazole rings is 2. The van der Waals surface area contributed by atoms with Crippen LogP contribution in [0.15, 0.2) is 83.6 Å². The summed E-state index contributed by atoms with van der Waals surface area (Å²) in [7, 11) is 3.22. The molecule has 0 radical (unpaired) electrons. The average Bonchev–Trinajstić information content (AvgIpc) is 3.30. The molecule has 0 aliphatic carbocycles. The molecule has 0 aliphatic heterocycles. The second kappa shape index (κ2) is 7.43.